The number of nitrogens with zero attached hydrogens (tertiary/aromatic N) is 4. The van der Waals surface area contributed by atoms with Gasteiger partial charge in [-0.05, 0) is 105 Å². The van der Waals surface area contributed by atoms with Crippen molar-refractivity contribution in [1.29, 1.82) is 0 Å². The van der Waals surface area contributed by atoms with E-state index in [1.54, 1.807) is 41.3 Å². The Morgan fingerprint density at radius 3 is 1.44 bits per heavy atom. The second-order valence-electron chi connectivity index (χ2n) is 19.1. The molecule has 70 heavy (non-hydrogen) atoms. The van der Waals surface area contributed by atoms with Gasteiger partial charge in [-0.15, -0.1) is 0 Å². The van der Waals surface area contributed by atoms with Gasteiger partial charge in [-0.2, -0.15) is 26.3 Å². The molecule has 3 radical (unpaired) electrons. The predicted molar refractivity (Wildman–Crippen MR) is 257 cm³/mol. The Bertz CT molecular complexity index is 2610. The third-order valence-corrected chi connectivity index (χ3v) is 16.6. The molecule has 0 unspecified atom stereocenters. The van der Waals surface area contributed by atoms with Gasteiger partial charge < -0.3 is 24.9 Å². The SMILES string of the molecule is CS(=O)(=O)c1cccc(N2CCN(C(=O)C3CCC(O)(C(F)(F)F)CC3)[C@@H](c3ccccc3)C2)c1.CS(=O)(=O)c1cccc(N2CCN(CC3CCC(O)(C(F)(F)F)CC3)[C@@H](c3ccccc3)C2)c1.[B]. The summed E-state index contributed by atoms with van der Waals surface area (Å²) in [5.41, 5.74) is -1.70. The summed E-state index contributed by atoms with van der Waals surface area (Å²) in [6.45, 7) is 3.95. The quantitative estimate of drug-likeness (QED) is 0.125. The maximum absolute atomic E-state index is 13.5. The van der Waals surface area contributed by atoms with Crippen LogP contribution in [-0.4, -0.2) is 133 Å². The van der Waals surface area contributed by atoms with Gasteiger partial charge in [-0.25, -0.2) is 16.8 Å². The minimum atomic E-state index is -4.71. The molecule has 2 saturated heterocycles. The van der Waals surface area contributed by atoms with Crippen LogP contribution in [0.4, 0.5) is 37.7 Å². The number of piperazine rings is 2. The van der Waals surface area contributed by atoms with Crippen LogP contribution in [0.5, 0.6) is 0 Å². The first-order valence-corrected chi connectivity index (χ1v) is 27.0. The summed E-state index contributed by atoms with van der Waals surface area (Å²) in [7, 11) is -6.70. The van der Waals surface area contributed by atoms with Crippen LogP contribution in [0.2, 0.25) is 0 Å². The van der Waals surface area contributed by atoms with E-state index < -0.39 is 62.0 Å². The van der Waals surface area contributed by atoms with E-state index in [1.165, 1.54) is 6.26 Å². The van der Waals surface area contributed by atoms with Crippen molar-refractivity contribution in [2.24, 2.45) is 11.8 Å². The summed E-state index contributed by atoms with van der Waals surface area (Å²) in [5.74, 6) is -0.689. The summed E-state index contributed by atoms with van der Waals surface area (Å²) in [4.78, 5) is 22.2. The fraction of sp³-hybridized carbons (Fsp3) is 0.500. The Hall–Kier alpha value is -4.63. The number of amides is 1. The summed E-state index contributed by atoms with van der Waals surface area (Å²) >= 11 is 0. The van der Waals surface area contributed by atoms with E-state index in [0.29, 0.717) is 58.7 Å². The minimum Gasteiger partial charge on any atom is -0.380 e. The molecule has 8 rings (SSSR count). The molecule has 2 atom stereocenters. The van der Waals surface area contributed by atoms with E-state index in [0.717, 1.165) is 28.8 Å². The van der Waals surface area contributed by atoms with Gasteiger partial charge in [0.25, 0.3) is 0 Å². The third-order valence-electron chi connectivity index (χ3n) is 14.4. The molecule has 0 spiro atoms. The van der Waals surface area contributed by atoms with Crippen molar-refractivity contribution in [2.75, 3.05) is 68.1 Å². The fourth-order valence-electron chi connectivity index (χ4n) is 10.1. The molecule has 2 saturated carbocycles. The molecule has 0 aromatic heterocycles. The second kappa shape index (κ2) is 21.6. The van der Waals surface area contributed by atoms with Crippen LogP contribution >= 0.6 is 0 Å². The highest BCUT2D eigenvalue weighted by Gasteiger charge is 2.56. The van der Waals surface area contributed by atoms with Crippen LogP contribution in [0, 0.1) is 11.8 Å². The maximum atomic E-state index is 13.5. The molecule has 11 nitrogen and oxygen atoms in total. The second-order valence-corrected chi connectivity index (χ2v) is 23.1. The van der Waals surface area contributed by atoms with Crippen molar-refractivity contribution in [3.63, 3.8) is 0 Å². The van der Waals surface area contributed by atoms with E-state index in [1.807, 2.05) is 65.6 Å². The Balaban J connectivity index is 0.000000226. The van der Waals surface area contributed by atoms with Gasteiger partial charge in [0.15, 0.2) is 30.9 Å². The van der Waals surface area contributed by atoms with Gasteiger partial charge in [0.2, 0.25) is 5.91 Å². The molecular weight excluding hydrogens is 958 g/mol. The zero-order chi connectivity index (χ0) is 50.0. The lowest BCUT2D eigenvalue weighted by Gasteiger charge is -2.45. The number of carbonyl (C=O) groups excluding carboxylic acids is 1. The first-order valence-electron chi connectivity index (χ1n) is 23.2. The van der Waals surface area contributed by atoms with E-state index >= 15 is 0 Å². The number of halogens is 6. The third kappa shape index (κ3) is 12.7. The lowest BCUT2D eigenvalue weighted by Crippen LogP contribution is -2.54. The molecule has 20 heteroatoms. The molecule has 2 N–H and O–H groups in total. The highest BCUT2D eigenvalue weighted by molar-refractivity contribution is 7.91. The molecule has 1 amide bonds. The van der Waals surface area contributed by atoms with Crippen LogP contribution in [0.1, 0.15) is 74.6 Å². The molecule has 4 aliphatic rings. The van der Waals surface area contributed by atoms with E-state index in [4.69, 9.17) is 0 Å². The number of sulfone groups is 2. The molecule has 2 heterocycles. The fourth-order valence-corrected chi connectivity index (χ4v) is 11.5. The van der Waals surface area contributed by atoms with Gasteiger partial charge in [0, 0.05) is 84.0 Å². The van der Waals surface area contributed by atoms with Crippen LogP contribution in [0.15, 0.2) is 119 Å². The number of anilines is 2. The first-order chi connectivity index (χ1) is 32.4. The van der Waals surface area contributed by atoms with Crippen molar-refractivity contribution in [1.82, 2.24) is 9.80 Å². The summed E-state index contributed by atoms with van der Waals surface area (Å²) in [6.07, 6.45) is -7.79. The number of alkyl halides is 6. The van der Waals surface area contributed by atoms with E-state index in [-0.39, 0.29) is 67.8 Å². The largest absolute Gasteiger partial charge is 0.417 e. The average molecular weight is 1020 g/mol. The highest BCUT2D eigenvalue weighted by Crippen LogP contribution is 2.46. The Morgan fingerprint density at radius 1 is 0.586 bits per heavy atom. The van der Waals surface area contributed by atoms with Crippen LogP contribution < -0.4 is 9.80 Å². The van der Waals surface area contributed by atoms with Crippen LogP contribution in [-0.2, 0) is 24.5 Å². The standard InChI is InChI=1S/C25H29F3N2O4S.C25H31F3N2O3S.B/c1-35(33,34)21-9-5-8-20(16-21)29-14-15-30(22(17-29)18-6-3-2-4-7-18)23(31)19-10-12-24(32,13-11-19)25(26,27)28;1-34(32,33)22-9-5-8-21(16-22)29-14-15-30(23(18-29)20-6-3-2-4-7-20)17-19-10-12-24(31,13-11-19)25(26,27)28;/h2-9,16,19,22,32H,10-15,17H2,1H3;2-9,16,19,23,31H,10-15,17-18H2,1H3;/t19?,22-,24?;19?,23-,24?;/m11./s1. The monoisotopic (exact) mass is 1020 g/mol. The van der Waals surface area contributed by atoms with Gasteiger partial charge >= 0.3 is 12.4 Å². The van der Waals surface area contributed by atoms with Crippen molar-refractivity contribution < 1.29 is 58.2 Å². The van der Waals surface area contributed by atoms with Gasteiger partial charge in [-0.3, -0.25) is 9.69 Å². The number of aliphatic hydroxyl groups is 2. The Morgan fingerprint density at radius 2 is 1.00 bits per heavy atom. The van der Waals surface area contributed by atoms with E-state index in [9.17, 15) is 58.2 Å². The Labute approximate surface area is 408 Å². The topological polar surface area (TPSA) is 139 Å². The van der Waals surface area contributed by atoms with Gasteiger partial charge in [-0.1, -0.05) is 72.8 Å². The molecule has 2 aliphatic carbocycles. The van der Waals surface area contributed by atoms with Crippen LogP contribution in [0.3, 0.4) is 0 Å². The zero-order valence-electron chi connectivity index (χ0n) is 39.2. The van der Waals surface area contributed by atoms with Gasteiger partial charge in [0.1, 0.15) is 0 Å². The van der Waals surface area contributed by atoms with Crippen molar-refractivity contribution in [3.8, 4) is 0 Å². The minimum absolute atomic E-state index is 0. The van der Waals surface area contributed by atoms with Crippen molar-refractivity contribution in [3.05, 3.63) is 120 Å². The summed E-state index contributed by atoms with van der Waals surface area (Å²) in [6, 6.07) is 32.7. The smallest absolute Gasteiger partial charge is 0.380 e. The van der Waals surface area contributed by atoms with Crippen molar-refractivity contribution >= 4 is 45.4 Å². The van der Waals surface area contributed by atoms with E-state index in [2.05, 4.69) is 21.9 Å². The molecule has 4 fully saturated rings. The molecule has 2 aliphatic heterocycles. The lowest BCUT2D eigenvalue weighted by atomic mass is 9.77. The number of rotatable bonds is 9. The van der Waals surface area contributed by atoms with Crippen molar-refractivity contribution in [2.45, 2.75) is 96.8 Å². The lowest BCUT2D eigenvalue weighted by molar-refractivity contribution is -0.272. The maximum Gasteiger partial charge on any atom is 0.417 e. The zero-order valence-corrected chi connectivity index (χ0v) is 40.8. The molecule has 379 valence electrons. The number of hydrogen-bond acceptors (Lipinski definition) is 10. The molecular formula is C50H60BF6N4O7S2. The average Bonchev–Trinajstić information content (AvgIpc) is 3.32. The molecule has 4 aromatic rings. The predicted octanol–water partition coefficient (Wildman–Crippen LogP) is 8.02. The number of hydrogen-bond donors (Lipinski definition) is 2. The normalized spacial score (nSPS) is 26.1. The first kappa shape index (κ1) is 54.7. The molecule has 4 aromatic carbocycles. The summed E-state index contributed by atoms with van der Waals surface area (Å²) in [5, 5.41) is 20.0. The molecule has 0 bridgehead atoms. The van der Waals surface area contributed by atoms with Gasteiger partial charge in [0.05, 0.1) is 21.9 Å². The highest BCUT2D eigenvalue weighted by atomic mass is 32.2. The summed E-state index contributed by atoms with van der Waals surface area (Å²) < 4.78 is 127. The number of carbonyl (C=O) groups is 1. The Kier molecular flexibility index (Phi) is 16.9. The number of benzene rings is 4. The van der Waals surface area contributed by atoms with Crippen LogP contribution in [0.25, 0.3) is 0 Å².